The van der Waals surface area contributed by atoms with E-state index in [1.807, 2.05) is 0 Å². The molecule has 0 aliphatic heterocycles. The highest BCUT2D eigenvalue weighted by Crippen LogP contribution is 2.22. The van der Waals surface area contributed by atoms with Crippen LogP contribution >= 0.6 is 23.2 Å². The van der Waals surface area contributed by atoms with Crippen LogP contribution in [0.5, 0.6) is 0 Å². The molecule has 0 radical (unpaired) electrons. The largest absolute Gasteiger partial charge is 0.294 e. The van der Waals surface area contributed by atoms with E-state index in [-0.39, 0.29) is 5.78 Å². The molecule has 0 saturated carbocycles. The standard InChI is InChI=1S/C11H10Cl2O/c1-2-3-4-11(14)9-7-8(12)5-6-10(9)13/h2,5-7H,1,3-4H2. The molecule has 0 N–H and O–H groups in total. The Kier molecular flexibility index (Phi) is 4.18. The van der Waals surface area contributed by atoms with Gasteiger partial charge in [0.25, 0.3) is 0 Å². The summed E-state index contributed by atoms with van der Waals surface area (Å²) in [4.78, 5) is 11.6. The molecule has 0 aliphatic carbocycles. The Hall–Kier alpha value is -0.790. The summed E-state index contributed by atoms with van der Waals surface area (Å²) in [5, 5.41) is 0.972. The number of hydrogen-bond acceptors (Lipinski definition) is 1. The Morgan fingerprint density at radius 1 is 1.43 bits per heavy atom. The van der Waals surface area contributed by atoms with Gasteiger partial charge in [-0.25, -0.2) is 0 Å². The number of halogens is 2. The first-order valence-electron chi connectivity index (χ1n) is 4.24. The van der Waals surface area contributed by atoms with Crippen molar-refractivity contribution in [2.24, 2.45) is 0 Å². The van der Waals surface area contributed by atoms with Gasteiger partial charge in [-0.2, -0.15) is 0 Å². The smallest absolute Gasteiger partial charge is 0.164 e. The van der Waals surface area contributed by atoms with Gasteiger partial charge >= 0.3 is 0 Å². The lowest BCUT2D eigenvalue weighted by molar-refractivity contribution is 0.0984. The maximum atomic E-state index is 11.6. The molecule has 1 aromatic rings. The lowest BCUT2D eigenvalue weighted by atomic mass is 10.1. The van der Waals surface area contributed by atoms with E-state index in [9.17, 15) is 4.79 Å². The SMILES string of the molecule is C=CCCC(=O)c1cc(Cl)ccc1Cl. The van der Waals surface area contributed by atoms with Gasteiger partial charge in [0.15, 0.2) is 5.78 Å². The number of Topliss-reactive ketones (excluding diaryl/α,β-unsaturated/α-hetero) is 1. The van der Waals surface area contributed by atoms with Gasteiger partial charge in [-0.15, -0.1) is 6.58 Å². The second-order valence-corrected chi connectivity index (χ2v) is 3.72. The molecule has 3 heteroatoms. The summed E-state index contributed by atoms with van der Waals surface area (Å²) < 4.78 is 0. The molecule has 0 spiro atoms. The van der Waals surface area contributed by atoms with Gasteiger partial charge in [0.1, 0.15) is 0 Å². The summed E-state index contributed by atoms with van der Waals surface area (Å²) >= 11 is 11.6. The van der Waals surface area contributed by atoms with E-state index in [0.717, 1.165) is 0 Å². The van der Waals surface area contributed by atoms with Crippen LogP contribution in [0.3, 0.4) is 0 Å². The molecule has 1 nitrogen and oxygen atoms in total. The van der Waals surface area contributed by atoms with Crippen molar-refractivity contribution in [3.63, 3.8) is 0 Å². The van der Waals surface area contributed by atoms with E-state index >= 15 is 0 Å². The molecular formula is C11H10Cl2O. The normalized spacial score (nSPS) is 9.86. The molecule has 0 saturated heterocycles. The Labute approximate surface area is 93.3 Å². The van der Waals surface area contributed by atoms with Crippen LogP contribution < -0.4 is 0 Å². The van der Waals surface area contributed by atoms with Crippen LogP contribution in [0.15, 0.2) is 30.9 Å². The van der Waals surface area contributed by atoms with E-state index in [0.29, 0.717) is 28.5 Å². The van der Waals surface area contributed by atoms with Crippen molar-refractivity contribution in [1.29, 1.82) is 0 Å². The minimum atomic E-state index is -0.00241. The summed E-state index contributed by atoms with van der Waals surface area (Å²) in [6.45, 7) is 3.56. The van der Waals surface area contributed by atoms with Crippen LogP contribution in [0.4, 0.5) is 0 Å². The zero-order valence-electron chi connectivity index (χ0n) is 7.59. The average molecular weight is 229 g/mol. The second-order valence-electron chi connectivity index (χ2n) is 2.87. The van der Waals surface area contributed by atoms with Crippen LogP contribution in [0, 0.1) is 0 Å². The molecule has 0 amide bonds. The molecule has 1 rings (SSSR count). The molecule has 74 valence electrons. The van der Waals surface area contributed by atoms with Crippen LogP contribution in [-0.4, -0.2) is 5.78 Å². The topological polar surface area (TPSA) is 17.1 Å². The van der Waals surface area contributed by atoms with Crippen molar-refractivity contribution in [1.82, 2.24) is 0 Å². The molecule has 0 fully saturated rings. The Morgan fingerprint density at radius 2 is 2.14 bits per heavy atom. The molecular weight excluding hydrogens is 219 g/mol. The number of carbonyl (C=O) groups excluding carboxylic acids is 1. The zero-order valence-corrected chi connectivity index (χ0v) is 9.11. The average Bonchev–Trinajstić information content (AvgIpc) is 2.18. The number of hydrogen-bond donors (Lipinski definition) is 0. The highest BCUT2D eigenvalue weighted by Gasteiger charge is 2.09. The molecule has 0 atom stereocenters. The fraction of sp³-hybridized carbons (Fsp3) is 0.182. The molecule has 14 heavy (non-hydrogen) atoms. The monoisotopic (exact) mass is 228 g/mol. The van der Waals surface area contributed by atoms with Gasteiger partial charge in [-0.3, -0.25) is 4.79 Å². The number of allylic oxidation sites excluding steroid dienone is 1. The highest BCUT2D eigenvalue weighted by molar-refractivity contribution is 6.35. The number of carbonyl (C=O) groups is 1. The van der Waals surface area contributed by atoms with Crippen LogP contribution in [0.2, 0.25) is 10.0 Å². The summed E-state index contributed by atoms with van der Waals surface area (Å²) in [6, 6.07) is 4.88. The van der Waals surface area contributed by atoms with E-state index < -0.39 is 0 Å². The van der Waals surface area contributed by atoms with Crippen molar-refractivity contribution in [2.75, 3.05) is 0 Å². The van der Waals surface area contributed by atoms with Crippen LogP contribution in [0.1, 0.15) is 23.2 Å². The first-order chi connectivity index (χ1) is 6.65. The molecule has 0 unspecified atom stereocenters. The number of ketones is 1. The van der Waals surface area contributed by atoms with Gasteiger partial charge in [0.05, 0.1) is 5.02 Å². The van der Waals surface area contributed by atoms with E-state index in [1.54, 1.807) is 24.3 Å². The van der Waals surface area contributed by atoms with Crippen molar-refractivity contribution in [3.8, 4) is 0 Å². The first kappa shape index (κ1) is 11.3. The predicted octanol–water partition coefficient (Wildman–Crippen LogP) is 4.14. The van der Waals surface area contributed by atoms with Gasteiger partial charge < -0.3 is 0 Å². The Morgan fingerprint density at radius 3 is 2.79 bits per heavy atom. The minimum absolute atomic E-state index is 0.00241. The third kappa shape index (κ3) is 2.86. The third-order valence-electron chi connectivity index (χ3n) is 1.80. The first-order valence-corrected chi connectivity index (χ1v) is 5.00. The maximum absolute atomic E-state index is 11.6. The van der Waals surface area contributed by atoms with Gasteiger partial charge in [0, 0.05) is 17.0 Å². The maximum Gasteiger partial charge on any atom is 0.164 e. The van der Waals surface area contributed by atoms with E-state index in [1.165, 1.54) is 0 Å². The van der Waals surface area contributed by atoms with Gasteiger partial charge in [0.2, 0.25) is 0 Å². The van der Waals surface area contributed by atoms with Crippen molar-refractivity contribution in [2.45, 2.75) is 12.8 Å². The van der Waals surface area contributed by atoms with Crippen LogP contribution in [-0.2, 0) is 0 Å². The summed E-state index contributed by atoms with van der Waals surface area (Å²) in [5.74, 6) is -0.00241. The van der Waals surface area contributed by atoms with Gasteiger partial charge in [-0.05, 0) is 24.6 Å². The quantitative estimate of drug-likeness (QED) is 0.560. The van der Waals surface area contributed by atoms with Crippen molar-refractivity contribution < 1.29 is 4.79 Å². The second kappa shape index (κ2) is 5.18. The Balaban J connectivity index is 2.88. The third-order valence-corrected chi connectivity index (χ3v) is 2.37. The lowest BCUT2D eigenvalue weighted by Crippen LogP contribution is -1.99. The fourth-order valence-electron chi connectivity index (χ4n) is 1.08. The number of benzene rings is 1. The Bertz CT molecular complexity index is 358. The van der Waals surface area contributed by atoms with Crippen LogP contribution in [0.25, 0.3) is 0 Å². The molecule has 0 heterocycles. The predicted molar refractivity (Wildman–Crippen MR) is 60.2 cm³/mol. The molecule has 0 aromatic heterocycles. The number of rotatable bonds is 4. The highest BCUT2D eigenvalue weighted by atomic mass is 35.5. The van der Waals surface area contributed by atoms with Crippen molar-refractivity contribution in [3.05, 3.63) is 46.5 Å². The van der Waals surface area contributed by atoms with E-state index in [2.05, 4.69) is 6.58 Å². The van der Waals surface area contributed by atoms with E-state index in [4.69, 9.17) is 23.2 Å². The summed E-state index contributed by atoms with van der Waals surface area (Å²) in [6.07, 6.45) is 2.78. The molecule has 0 bridgehead atoms. The van der Waals surface area contributed by atoms with Gasteiger partial charge in [-0.1, -0.05) is 29.3 Å². The summed E-state index contributed by atoms with van der Waals surface area (Å²) in [7, 11) is 0. The zero-order chi connectivity index (χ0) is 10.6. The van der Waals surface area contributed by atoms with Crippen molar-refractivity contribution >= 4 is 29.0 Å². The minimum Gasteiger partial charge on any atom is -0.294 e. The lowest BCUT2D eigenvalue weighted by Gasteiger charge is -2.02. The molecule has 0 aliphatic rings. The molecule has 1 aromatic carbocycles. The fourth-order valence-corrected chi connectivity index (χ4v) is 1.47. The summed E-state index contributed by atoms with van der Waals surface area (Å²) in [5.41, 5.74) is 0.487.